The van der Waals surface area contributed by atoms with Crippen LogP contribution in [-0.4, -0.2) is 12.8 Å². The summed E-state index contributed by atoms with van der Waals surface area (Å²) in [6.45, 7) is 3.92. The normalized spacial score (nSPS) is 12.2. The van der Waals surface area contributed by atoms with Gasteiger partial charge in [0.15, 0.2) is 5.78 Å². The Balaban J connectivity index is 2.35. The van der Waals surface area contributed by atoms with Crippen molar-refractivity contribution >= 4 is 23.2 Å². The van der Waals surface area contributed by atoms with Gasteiger partial charge in [0.25, 0.3) is 0 Å². The first-order valence-corrected chi connectivity index (χ1v) is 8.03. The first-order valence-electron chi connectivity index (χ1n) is 7.15. The number of carbonyl (C=O) groups excluding carboxylic acids is 1. The van der Waals surface area contributed by atoms with Crippen molar-refractivity contribution in [3.05, 3.63) is 60.2 Å². The molecule has 0 saturated heterocycles. The van der Waals surface area contributed by atoms with Crippen LogP contribution in [0.5, 0.6) is 0 Å². The van der Waals surface area contributed by atoms with Gasteiger partial charge >= 0.3 is 0 Å². The first kappa shape index (κ1) is 15.6. The molecular formula is C18H21NOS. The average molecular weight is 299 g/mol. The van der Waals surface area contributed by atoms with E-state index in [0.717, 1.165) is 16.1 Å². The summed E-state index contributed by atoms with van der Waals surface area (Å²) in [6, 6.07) is 18.1. The van der Waals surface area contributed by atoms with Crippen LogP contribution in [0.25, 0.3) is 0 Å². The molecule has 0 radical (unpaired) electrons. The summed E-state index contributed by atoms with van der Waals surface area (Å²) in [4.78, 5) is 13.7. The highest BCUT2D eigenvalue weighted by Crippen LogP contribution is 2.40. The zero-order valence-corrected chi connectivity index (χ0v) is 13.5. The average Bonchev–Trinajstić information content (AvgIpc) is 2.53. The van der Waals surface area contributed by atoms with Crippen molar-refractivity contribution in [2.75, 3.05) is 12.4 Å². The van der Waals surface area contributed by atoms with Crippen LogP contribution in [0.15, 0.2) is 59.5 Å². The number of hydrogen-bond donors (Lipinski definition) is 1. The molecule has 0 saturated carbocycles. The molecule has 110 valence electrons. The zero-order valence-electron chi connectivity index (χ0n) is 12.7. The molecule has 0 spiro atoms. The lowest BCUT2D eigenvalue weighted by Gasteiger charge is -2.19. The van der Waals surface area contributed by atoms with Crippen molar-refractivity contribution in [1.29, 1.82) is 0 Å². The van der Waals surface area contributed by atoms with Gasteiger partial charge in [-0.25, -0.2) is 0 Å². The molecule has 0 fully saturated rings. The molecule has 1 atom stereocenters. The van der Waals surface area contributed by atoms with E-state index >= 15 is 0 Å². The molecule has 0 aromatic heterocycles. The Kier molecular flexibility index (Phi) is 5.45. The van der Waals surface area contributed by atoms with Crippen molar-refractivity contribution in [1.82, 2.24) is 0 Å². The highest BCUT2D eigenvalue weighted by atomic mass is 32.2. The Labute approximate surface area is 131 Å². The minimum absolute atomic E-state index is 0.0180. The predicted octanol–water partition coefficient (Wildman–Crippen LogP) is 4.79. The Morgan fingerprint density at radius 1 is 1.00 bits per heavy atom. The molecule has 0 heterocycles. The van der Waals surface area contributed by atoms with E-state index in [4.69, 9.17) is 0 Å². The van der Waals surface area contributed by atoms with E-state index in [1.165, 1.54) is 0 Å². The molecule has 3 heteroatoms. The second-order valence-electron chi connectivity index (χ2n) is 5.21. The van der Waals surface area contributed by atoms with Gasteiger partial charge in [-0.3, -0.25) is 4.79 Å². The van der Waals surface area contributed by atoms with Crippen molar-refractivity contribution in [3.63, 3.8) is 0 Å². The van der Waals surface area contributed by atoms with Crippen LogP contribution in [0.1, 0.15) is 24.7 Å². The van der Waals surface area contributed by atoms with Gasteiger partial charge in [-0.2, -0.15) is 0 Å². The van der Waals surface area contributed by atoms with E-state index in [1.807, 2.05) is 69.4 Å². The Bertz CT molecular complexity index is 595. The van der Waals surface area contributed by atoms with Crippen LogP contribution in [0.2, 0.25) is 0 Å². The molecule has 0 bridgehead atoms. The summed E-state index contributed by atoms with van der Waals surface area (Å²) < 4.78 is 0. The quantitative estimate of drug-likeness (QED) is 0.778. The fraction of sp³-hybridized carbons (Fsp3) is 0.278. The van der Waals surface area contributed by atoms with Crippen molar-refractivity contribution in [2.45, 2.75) is 24.0 Å². The summed E-state index contributed by atoms with van der Waals surface area (Å²) >= 11 is 1.62. The molecule has 2 aromatic rings. The molecule has 2 aromatic carbocycles. The van der Waals surface area contributed by atoms with Crippen LogP contribution >= 0.6 is 11.8 Å². The number of rotatable bonds is 6. The van der Waals surface area contributed by atoms with E-state index < -0.39 is 0 Å². The number of carbonyl (C=O) groups is 1. The van der Waals surface area contributed by atoms with Crippen molar-refractivity contribution < 1.29 is 4.79 Å². The van der Waals surface area contributed by atoms with Gasteiger partial charge in [-0.1, -0.05) is 56.3 Å². The first-order chi connectivity index (χ1) is 10.1. The van der Waals surface area contributed by atoms with E-state index in [-0.39, 0.29) is 17.0 Å². The van der Waals surface area contributed by atoms with Gasteiger partial charge in [-0.15, -0.1) is 11.8 Å². The third-order valence-electron chi connectivity index (χ3n) is 3.33. The summed E-state index contributed by atoms with van der Waals surface area (Å²) in [5.41, 5.74) is 2.12. The molecule has 2 nitrogen and oxygen atoms in total. The lowest BCUT2D eigenvalue weighted by Crippen LogP contribution is -2.15. The second kappa shape index (κ2) is 7.32. The van der Waals surface area contributed by atoms with Crippen LogP contribution in [0, 0.1) is 5.92 Å². The van der Waals surface area contributed by atoms with E-state index in [2.05, 4.69) is 11.4 Å². The van der Waals surface area contributed by atoms with Gasteiger partial charge in [0.05, 0.1) is 5.25 Å². The lowest BCUT2D eigenvalue weighted by atomic mass is 10.0. The summed E-state index contributed by atoms with van der Waals surface area (Å²) in [5, 5.41) is 3.02. The van der Waals surface area contributed by atoms with Crippen LogP contribution < -0.4 is 5.32 Å². The maximum absolute atomic E-state index is 12.6. The number of thioether (sulfide) groups is 1. The topological polar surface area (TPSA) is 29.1 Å². The number of benzene rings is 2. The second-order valence-corrected chi connectivity index (χ2v) is 6.36. The number of anilines is 1. The molecule has 2 rings (SSSR count). The monoisotopic (exact) mass is 299 g/mol. The summed E-state index contributed by atoms with van der Waals surface area (Å²) in [5.74, 6) is 0.279. The molecule has 0 aliphatic rings. The minimum atomic E-state index is -0.166. The van der Waals surface area contributed by atoms with Gasteiger partial charge in [0.1, 0.15) is 0 Å². The number of Topliss-reactive ketones (excluding diaryl/α,β-unsaturated/α-hetero) is 1. The van der Waals surface area contributed by atoms with Gasteiger partial charge in [0.2, 0.25) is 0 Å². The number of hydrogen-bond acceptors (Lipinski definition) is 3. The molecular weight excluding hydrogens is 278 g/mol. The van der Waals surface area contributed by atoms with E-state index in [0.29, 0.717) is 0 Å². The Morgan fingerprint density at radius 2 is 1.62 bits per heavy atom. The largest absolute Gasteiger partial charge is 0.387 e. The van der Waals surface area contributed by atoms with Crippen molar-refractivity contribution in [2.24, 2.45) is 5.92 Å². The highest BCUT2D eigenvalue weighted by molar-refractivity contribution is 8.00. The number of nitrogens with one attached hydrogen (secondary N) is 1. The van der Waals surface area contributed by atoms with Gasteiger partial charge < -0.3 is 5.32 Å². The summed E-state index contributed by atoms with van der Waals surface area (Å²) in [6.07, 6.45) is 0. The third kappa shape index (κ3) is 3.88. The lowest BCUT2D eigenvalue weighted by molar-refractivity contribution is -0.121. The molecule has 21 heavy (non-hydrogen) atoms. The third-order valence-corrected chi connectivity index (χ3v) is 4.68. The molecule has 0 amide bonds. The van der Waals surface area contributed by atoms with Gasteiger partial charge in [-0.05, 0) is 17.7 Å². The summed E-state index contributed by atoms with van der Waals surface area (Å²) in [7, 11) is 1.90. The predicted molar refractivity (Wildman–Crippen MR) is 90.9 cm³/mol. The molecule has 0 aliphatic carbocycles. The number of para-hydroxylation sites is 1. The minimum Gasteiger partial charge on any atom is -0.387 e. The highest BCUT2D eigenvalue weighted by Gasteiger charge is 2.24. The Hall–Kier alpha value is -1.74. The van der Waals surface area contributed by atoms with Crippen LogP contribution in [0.4, 0.5) is 5.69 Å². The van der Waals surface area contributed by atoms with Crippen molar-refractivity contribution in [3.8, 4) is 0 Å². The number of ketones is 1. The fourth-order valence-electron chi connectivity index (χ4n) is 2.12. The van der Waals surface area contributed by atoms with Crippen LogP contribution in [-0.2, 0) is 4.79 Å². The Morgan fingerprint density at radius 3 is 2.24 bits per heavy atom. The molecule has 1 unspecified atom stereocenters. The zero-order chi connectivity index (χ0) is 15.2. The SMILES string of the molecule is CNc1ccccc1SC(C(=O)C(C)C)c1ccccc1. The molecule has 0 aliphatic heterocycles. The van der Waals surface area contributed by atoms with E-state index in [1.54, 1.807) is 11.8 Å². The van der Waals surface area contributed by atoms with Crippen LogP contribution in [0.3, 0.4) is 0 Å². The maximum Gasteiger partial charge on any atom is 0.153 e. The molecule has 1 N–H and O–H groups in total. The maximum atomic E-state index is 12.6. The van der Waals surface area contributed by atoms with E-state index in [9.17, 15) is 4.79 Å². The van der Waals surface area contributed by atoms with Gasteiger partial charge in [0, 0.05) is 23.5 Å². The smallest absolute Gasteiger partial charge is 0.153 e. The standard InChI is InChI=1S/C18H21NOS/c1-13(2)17(20)18(14-9-5-4-6-10-14)21-16-12-8-7-11-15(16)19-3/h4-13,18-19H,1-3H3. The fourth-order valence-corrected chi connectivity index (χ4v) is 3.51.